The SMILES string of the molecule is Cc1ccc(-c2ccc(C)c(C)[n+]2C)c(C)c1.Cc1ccc(C)c(-c2ccc(C)c(C)[n+]2C)c1.Cc1cccc(-c2ccc(C)c(C)[n+]2C)c1C.Cc1ccccc1-c1c(C)c(C)cc(C)[n+]1C.[2H]C([2H])([2H])c1ccc(-c2ccc(C([2H])([2H])[2H])c(C)[n+]2C)c(C)c1.[2H]C([2H])([2H])c1ccc(-c2cccc(C)c2C)[n+](C)c1C([2H])([2H])[2H]. The second-order valence-corrected chi connectivity index (χ2v) is 27.9. The van der Waals surface area contributed by atoms with Crippen molar-refractivity contribution in [3.05, 3.63) is 316 Å². The van der Waals surface area contributed by atoms with Gasteiger partial charge in [0.15, 0.2) is 34.2 Å². The topological polar surface area (TPSA) is 23.3 Å². The van der Waals surface area contributed by atoms with E-state index in [0.29, 0.717) is 22.5 Å². The molecule has 0 atom stereocenters. The summed E-state index contributed by atoms with van der Waals surface area (Å²) in [6.45, 7) is 33.0. The molecule has 12 rings (SSSR count). The minimum Gasteiger partial charge on any atom is -0.198 e. The van der Waals surface area contributed by atoms with Crippen molar-refractivity contribution < 1.29 is 43.9 Å². The first kappa shape index (κ1) is 63.2. The number of aromatic nitrogens is 6. The Morgan fingerprint density at radius 2 is 0.549 bits per heavy atom. The lowest BCUT2D eigenvalue weighted by Gasteiger charge is -2.10. The number of nitrogens with zero attached hydrogens (tertiary/aromatic N) is 6. The average molecular weight is 1370 g/mol. The van der Waals surface area contributed by atoms with E-state index < -0.39 is 27.4 Å². The largest absolute Gasteiger partial charge is 0.215 e. The van der Waals surface area contributed by atoms with Gasteiger partial charge in [0.25, 0.3) is 0 Å². The highest BCUT2D eigenvalue weighted by molar-refractivity contribution is 5.68. The van der Waals surface area contributed by atoms with Crippen LogP contribution in [0.25, 0.3) is 67.5 Å². The maximum atomic E-state index is 7.75. The van der Waals surface area contributed by atoms with Crippen LogP contribution in [0, 0.1) is 166 Å². The highest BCUT2D eigenvalue weighted by Gasteiger charge is 2.23. The van der Waals surface area contributed by atoms with Gasteiger partial charge in [-0.2, -0.15) is 27.4 Å². The van der Waals surface area contributed by atoms with Crippen LogP contribution in [-0.4, -0.2) is 0 Å². The third-order valence-electron chi connectivity index (χ3n) is 21.0. The van der Waals surface area contributed by atoms with Crippen LogP contribution in [0.2, 0.25) is 0 Å². The van der Waals surface area contributed by atoms with Crippen molar-refractivity contribution >= 4 is 0 Å². The molecule has 0 radical (unpaired) electrons. The minimum atomic E-state index is -2.51. The van der Waals surface area contributed by atoms with Gasteiger partial charge in [-0.3, -0.25) is 0 Å². The van der Waals surface area contributed by atoms with E-state index in [1.165, 1.54) is 145 Å². The summed E-state index contributed by atoms with van der Waals surface area (Å²) < 4.78 is 104. The Morgan fingerprint density at radius 1 is 0.206 bits per heavy atom. The maximum absolute atomic E-state index is 7.75. The number of aryl methyl sites for hydroxylation is 16. The van der Waals surface area contributed by atoms with Gasteiger partial charge >= 0.3 is 0 Å². The molecule has 6 aromatic carbocycles. The molecule has 6 heteroatoms. The predicted molar refractivity (Wildman–Crippen MR) is 432 cm³/mol. The lowest BCUT2D eigenvalue weighted by atomic mass is 9.98. The summed E-state index contributed by atoms with van der Waals surface area (Å²) in [5.41, 5.74) is 39.2. The Bertz CT molecular complexity index is 5440. The summed E-state index contributed by atoms with van der Waals surface area (Å²) >= 11 is 0. The van der Waals surface area contributed by atoms with Gasteiger partial charge in [-0.05, 0) is 241 Å². The fourth-order valence-electron chi connectivity index (χ4n) is 12.9. The summed E-state index contributed by atoms with van der Waals surface area (Å²) in [6.07, 6.45) is 0. The molecule has 0 saturated heterocycles. The Kier molecular flexibility index (Phi) is 21.5. The molecule has 12 aromatic rings. The van der Waals surface area contributed by atoms with Crippen LogP contribution >= 0.6 is 0 Å². The Balaban J connectivity index is 0.000000190. The van der Waals surface area contributed by atoms with Crippen molar-refractivity contribution in [2.75, 3.05) is 0 Å². The Hall–Kier alpha value is -9.78. The van der Waals surface area contributed by atoms with E-state index in [2.05, 4.69) is 279 Å². The van der Waals surface area contributed by atoms with Crippen LogP contribution in [-0.2, 0) is 42.3 Å². The van der Waals surface area contributed by atoms with E-state index in [9.17, 15) is 0 Å². The van der Waals surface area contributed by atoms with Crippen molar-refractivity contribution in [3.63, 3.8) is 0 Å². The number of hydrogen-bond donors (Lipinski definition) is 0. The number of benzene rings is 6. The van der Waals surface area contributed by atoms with Gasteiger partial charge in [-0.1, -0.05) is 95.6 Å². The third-order valence-corrected chi connectivity index (χ3v) is 21.0. The second kappa shape index (κ2) is 34.7. The average Bonchev–Trinajstić information content (AvgIpc) is 0.757. The van der Waals surface area contributed by atoms with Crippen molar-refractivity contribution in [2.45, 2.75) is 166 Å². The molecule has 528 valence electrons. The van der Waals surface area contributed by atoms with E-state index >= 15 is 0 Å². The van der Waals surface area contributed by atoms with Gasteiger partial charge < -0.3 is 0 Å². The van der Waals surface area contributed by atoms with E-state index in [1.54, 1.807) is 50.4 Å². The highest BCUT2D eigenvalue weighted by atomic mass is 15.0. The summed E-state index contributed by atoms with van der Waals surface area (Å²) in [5.74, 6) is 0. The van der Waals surface area contributed by atoms with E-state index in [4.69, 9.17) is 16.4 Å². The van der Waals surface area contributed by atoms with E-state index in [-0.39, 0.29) is 11.3 Å². The predicted octanol–water partition coefficient (Wildman–Crippen LogP) is 20.5. The lowest BCUT2D eigenvalue weighted by Crippen LogP contribution is -2.36. The monoisotopic (exact) mass is 1370 g/mol. The van der Waals surface area contributed by atoms with Crippen LogP contribution < -0.4 is 27.4 Å². The molecule has 0 spiro atoms. The molecule has 0 aliphatic heterocycles. The molecule has 6 nitrogen and oxygen atoms in total. The number of hydrogen-bond acceptors (Lipinski definition) is 0. The summed E-state index contributed by atoms with van der Waals surface area (Å²) in [4.78, 5) is 0. The van der Waals surface area contributed by atoms with Crippen LogP contribution in [0.4, 0.5) is 0 Å². The van der Waals surface area contributed by atoms with Gasteiger partial charge in [0, 0.05) is 161 Å². The molecule has 0 bridgehead atoms. The molecule has 0 N–H and O–H groups in total. The van der Waals surface area contributed by atoms with Crippen LogP contribution in [0.3, 0.4) is 0 Å². The van der Waals surface area contributed by atoms with Crippen LogP contribution in [0.1, 0.15) is 151 Å². The van der Waals surface area contributed by atoms with E-state index in [0.717, 1.165) is 33.5 Å². The zero-order valence-electron chi connectivity index (χ0n) is 78.0. The van der Waals surface area contributed by atoms with Crippen molar-refractivity contribution in [3.8, 4) is 67.5 Å². The van der Waals surface area contributed by atoms with Crippen LogP contribution in [0.5, 0.6) is 0 Å². The minimum absolute atomic E-state index is 0.131. The second-order valence-electron chi connectivity index (χ2n) is 27.9. The smallest absolute Gasteiger partial charge is 0.198 e. The molecule has 102 heavy (non-hydrogen) atoms. The molecule has 6 aromatic heterocycles. The summed E-state index contributed by atoms with van der Waals surface area (Å²) in [5, 5.41) is 0. The molecular formula is C96H120N6+6. The maximum Gasteiger partial charge on any atom is 0.215 e. The molecule has 0 aliphatic carbocycles. The molecule has 0 saturated carbocycles. The quantitative estimate of drug-likeness (QED) is 0.148. The molecule has 0 amide bonds. The third kappa shape index (κ3) is 18.5. The van der Waals surface area contributed by atoms with Crippen molar-refractivity contribution in [2.24, 2.45) is 42.3 Å². The van der Waals surface area contributed by atoms with E-state index in [1.807, 2.05) is 50.6 Å². The first-order valence-electron chi connectivity index (χ1n) is 41.3. The van der Waals surface area contributed by atoms with Crippen molar-refractivity contribution in [1.29, 1.82) is 0 Å². The van der Waals surface area contributed by atoms with Gasteiger partial charge in [0.2, 0.25) is 34.2 Å². The van der Waals surface area contributed by atoms with Crippen LogP contribution in [0.15, 0.2) is 182 Å². The first-order valence-corrected chi connectivity index (χ1v) is 35.3. The number of pyridine rings is 6. The first-order chi connectivity index (χ1) is 52.9. The zero-order valence-corrected chi connectivity index (χ0v) is 66.0. The lowest BCUT2D eigenvalue weighted by molar-refractivity contribution is -0.667. The molecule has 0 unspecified atom stereocenters. The number of rotatable bonds is 6. The van der Waals surface area contributed by atoms with Gasteiger partial charge in [-0.25, -0.2) is 0 Å². The summed E-state index contributed by atoms with van der Waals surface area (Å²) in [7, 11) is 12.0. The fourth-order valence-corrected chi connectivity index (χ4v) is 12.9. The van der Waals surface area contributed by atoms with Crippen molar-refractivity contribution in [1.82, 2.24) is 0 Å². The molecule has 0 aliphatic rings. The normalized spacial score (nSPS) is 12.9. The Labute approximate surface area is 632 Å². The molecule has 0 fully saturated rings. The van der Waals surface area contributed by atoms with Gasteiger partial charge in [-0.15, -0.1) is 0 Å². The highest BCUT2D eigenvalue weighted by Crippen LogP contribution is 2.30. The van der Waals surface area contributed by atoms with Gasteiger partial charge in [0.1, 0.15) is 42.3 Å². The molecular weight excluding hydrogens is 1240 g/mol. The zero-order chi connectivity index (χ0) is 85.5. The standard InChI is InChI=1S/6C16H20N/c2*1-11-6-8-15(13(3)10-11)16-9-7-12(2)14(4)17(16)5;1-11-6-7-13(3)15(10-11)16-9-8-12(2)14(4)17(16)5;2*1-11-7-6-8-15(13(11)3)16-10-9-12(2)14(4)17(16)5;1-11-8-6-7-9-15(11)16-14(4)12(2)10-13(3)17(16)5/h6*6-10H,1-5H3/q6*+1/i1D3,2D3;;;2D3,4D3;;. The summed E-state index contributed by atoms with van der Waals surface area (Å²) in [6, 6.07) is 61.1. The fraction of sp³-hybridized carbons (Fsp3) is 0.312. The Morgan fingerprint density at radius 3 is 0.990 bits per heavy atom. The van der Waals surface area contributed by atoms with Gasteiger partial charge in [0.05, 0.1) is 0 Å². The molecule has 6 heterocycles.